The van der Waals surface area contributed by atoms with Crippen molar-refractivity contribution in [1.29, 1.82) is 0 Å². The summed E-state index contributed by atoms with van der Waals surface area (Å²) in [4.78, 5) is 1.98. The first kappa shape index (κ1) is 12.8. The molecule has 4 heteroatoms. The molecule has 1 nitrogen and oxygen atoms in total. The molecule has 1 saturated heterocycles. The first-order chi connectivity index (χ1) is 6.82. The molecule has 2 atom stereocenters. The molecule has 0 aliphatic carbocycles. The van der Waals surface area contributed by atoms with Crippen molar-refractivity contribution < 1.29 is 13.2 Å². The molecule has 1 rings (SSSR count). The highest BCUT2D eigenvalue weighted by Gasteiger charge is 2.42. The molecule has 0 bridgehead atoms. The summed E-state index contributed by atoms with van der Waals surface area (Å²) in [6.07, 6.45) is -3.05. The van der Waals surface area contributed by atoms with Crippen LogP contribution in [-0.2, 0) is 0 Å². The second-order valence-electron chi connectivity index (χ2n) is 4.86. The Morgan fingerprint density at radius 2 is 1.80 bits per heavy atom. The zero-order chi connectivity index (χ0) is 11.6. The van der Waals surface area contributed by atoms with Gasteiger partial charge in [-0.25, -0.2) is 0 Å². The van der Waals surface area contributed by atoms with Crippen LogP contribution in [0, 0.1) is 11.8 Å². The van der Waals surface area contributed by atoms with Crippen LogP contribution in [0.3, 0.4) is 0 Å². The summed E-state index contributed by atoms with van der Waals surface area (Å²) in [6.45, 7) is 7.13. The summed E-state index contributed by atoms with van der Waals surface area (Å²) in [5.41, 5.74) is 0. The van der Waals surface area contributed by atoms with E-state index in [1.54, 1.807) is 0 Å². The van der Waals surface area contributed by atoms with Crippen molar-refractivity contribution in [3.8, 4) is 0 Å². The number of alkyl halides is 3. The van der Waals surface area contributed by atoms with Gasteiger partial charge in [0.1, 0.15) is 0 Å². The molecule has 15 heavy (non-hydrogen) atoms. The van der Waals surface area contributed by atoms with Gasteiger partial charge in [0.2, 0.25) is 0 Å². The third-order valence-electron chi connectivity index (χ3n) is 3.46. The number of likely N-dealkylation sites (tertiary alicyclic amines) is 1. The number of hydrogen-bond acceptors (Lipinski definition) is 1. The molecule has 90 valence electrons. The molecule has 0 spiro atoms. The van der Waals surface area contributed by atoms with Gasteiger partial charge in [-0.05, 0) is 32.2 Å². The minimum Gasteiger partial charge on any atom is -0.300 e. The van der Waals surface area contributed by atoms with Gasteiger partial charge >= 0.3 is 6.18 Å². The highest BCUT2D eigenvalue weighted by Crippen LogP contribution is 2.34. The molecular weight excluding hydrogens is 203 g/mol. The summed E-state index contributed by atoms with van der Waals surface area (Å²) in [7, 11) is 0. The Morgan fingerprint density at radius 3 is 2.27 bits per heavy atom. The molecule has 0 saturated carbocycles. The minimum absolute atomic E-state index is 0.183. The summed E-state index contributed by atoms with van der Waals surface area (Å²) in [5.74, 6) is -0.704. The van der Waals surface area contributed by atoms with Crippen LogP contribution in [0.4, 0.5) is 13.2 Å². The maximum atomic E-state index is 12.6. The van der Waals surface area contributed by atoms with E-state index < -0.39 is 12.1 Å². The predicted octanol–water partition coefficient (Wildman–Crippen LogP) is 3.31. The highest BCUT2D eigenvalue weighted by atomic mass is 19.4. The number of halogens is 3. The molecule has 1 heterocycles. The van der Waals surface area contributed by atoms with Crippen LogP contribution < -0.4 is 0 Å². The fourth-order valence-electron chi connectivity index (χ4n) is 2.07. The van der Waals surface area contributed by atoms with Gasteiger partial charge in [-0.1, -0.05) is 13.8 Å². The van der Waals surface area contributed by atoms with Crippen LogP contribution in [0.1, 0.15) is 33.6 Å². The van der Waals surface area contributed by atoms with E-state index in [2.05, 4.69) is 13.8 Å². The van der Waals surface area contributed by atoms with Crippen LogP contribution in [0.2, 0.25) is 0 Å². The van der Waals surface area contributed by atoms with E-state index in [1.165, 1.54) is 0 Å². The number of rotatable bonds is 2. The quantitative estimate of drug-likeness (QED) is 0.694. The number of piperidine rings is 1. The minimum atomic E-state index is -4.02. The molecule has 1 fully saturated rings. The van der Waals surface area contributed by atoms with E-state index >= 15 is 0 Å². The Morgan fingerprint density at radius 1 is 1.20 bits per heavy atom. The number of hydrogen-bond donors (Lipinski definition) is 0. The molecule has 0 aromatic rings. The largest absolute Gasteiger partial charge is 0.393 e. The molecule has 0 radical (unpaired) electrons. The monoisotopic (exact) mass is 223 g/mol. The van der Waals surface area contributed by atoms with Crippen molar-refractivity contribution >= 4 is 0 Å². The van der Waals surface area contributed by atoms with Gasteiger partial charge in [-0.15, -0.1) is 0 Å². The van der Waals surface area contributed by atoms with Crippen LogP contribution in [0.25, 0.3) is 0 Å². The first-order valence-electron chi connectivity index (χ1n) is 5.63. The van der Waals surface area contributed by atoms with E-state index in [4.69, 9.17) is 0 Å². The van der Waals surface area contributed by atoms with E-state index in [0.717, 1.165) is 6.54 Å². The van der Waals surface area contributed by atoms with Crippen molar-refractivity contribution in [1.82, 2.24) is 4.90 Å². The Balaban J connectivity index is 2.56. The van der Waals surface area contributed by atoms with E-state index in [1.807, 2.05) is 11.8 Å². The normalized spacial score (nSPS) is 27.0. The number of nitrogens with zero attached hydrogens (tertiary/aromatic N) is 1. The summed E-state index contributed by atoms with van der Waals surface area (Å²) in [6, 6.07) is 0.246. The molecule has 0 aromatic carbocycles. The van der Waals surface area contributed by atoms with Gasteiger partial charge in [0.25, 0.3) is 0 Å². The van der Waals surface area contributed by atoms with Crippen LogP contribution >= 0.6 is 0 Å². The molecule has 1 aliphatic rings. The van der Waals surface area contributed by atoms with Gasteiger partial charge < -0.3 is 0 Å². The van der Waals surface area contributed by atoms with E-state index in [9.17, 15) is 13.2 Å². The lowest BCUT2D eigenvalue weighted by Crippen LogP contribution is -2.47. The first-order valence-corrected chi connectivity index (χ1v) is 5.63. The average Bonchev–Trinajstić information content (AvgIpc) is 2.15. The topological polar surface area (TPSA) is 3.24 Å². The smallest absolute Gasteiger partial charge is 0.300 e. The Bertz CT molecular complexity index is 200. The fraction of sp³-hybridized carbons (Fsp3) is 1.00. The van der Waals surface area contributed by atoms with Crippen molar-refractivity contribution in [2.45, 2.75) is 45.8 Å². The van der Waals surface area contributed by atoms with E-state index in [0.29, 0.717) is 18.8 Å². The maximum absolute atomic E-state index is 12.6. The van der Waals surface area contributed by atoms with Crippen LogP contribution in [0.15, 0.2) is 0 Å². The van der Waals surface area contributed by atoms with Gasteiger partial charge in [-0.2, -0.15) is 13.2 Å². The van der Waals surface area contributed by atoms with Gasteiger partial charge in [-0.3, -0.25) is 4.90 Å². The summed E-state index contributed by atoms with van der Waals surface area (Å²) >= 11 is 0. The average molecular weight is 223 g/mol. The third-order valence-corrected chi connectivity index (χ3v) is 3.46. The van der Waals surface area contributed by atoms with Gasteiger partial charge in [0.05, 0.1) is 5.92 Å². The molecule has 0 N–H and O–H groups in total. The Kier molecular flexibility index (Phi) is 4.04. The molecule has 0 unspecified atom stereocenters. The molecule has 0 aromatic heterocycles. The lowest BCUT2D eigenvalue weighted by atomic mass is 9.94. The van der Waals surface area contributed by atoms with Crippen LogP contribution in [-0.4, -0.2) is 30.2 Å². The standard InChI is InChI=1S/C11H20F3N/c1-8(2)9(3)15-6-4-5-10(7-15)11(12,13)14/h8-10H,4-7H2,1-3H3/t9-,10-/m1/s1. The summed E-state index contributed by atoms with van der Waals surface area (Å²) in [5, 5.41) is 0. The van der Waals surface area contributed by atoms with Gasteiger partial charge in [0.15, 0.2) is 0 Å². The van der Waals surface area contributed by atoms with E-state index in [-0.39, 0.29) is 12.6 Å². The SMILES string of the molecule is CC(C)[C@@H](C)N1CCC[C@@H](C(F)(F)F)C1. The zero-order valence-electron chi connectivity index (χ0n) is 9.64. The van der Waals surface area contributed by atoms with Crippen molar-refractivity contribution in [3.63, 3.8) is 0 Å². The van der Waals surface area contributed by atoms with Crippen molar-refractivity contribution in [2.24, 2.45) is 11.8 Å². The lowest BCUT2D eigenvalue weighted by Gasteiger charge is -2.39. The molecule has 0 amide bonds. The third kappa shape index (κ3) is 3.37. The van der Waals surface area contributed by atoms with Crippen molar-refractivity contribution in [2.75, 3.05) is 13.1 Å². The highest BCUT2D eigenvalue weighted by molar-refractivity contribution is 4.81. The molecule has 1 aliphatic heterocycles. The van der Waals surface area contributed by atoms with Crippen LogP contribution in [0.5, 0.6) is 0 Å². The summed E-state index contributed by atoms with van der Waals surface area (Å²) < 4.78 is 37.7. The maximum Gasteiger partial charge on any atom is 0.393 e. The zero-order valence-corrected chi connectivity index (χ0v) is 9.64. The fourth-order valence-corrected chi connectivity index (χ4v) is 2.07. The Hall–Kier alpha value is -0.250. The second-order valence-corrected chi connectivity index (χ2v) is 4.86. The second kappa shape index (κ2) is 4.73. The molecular formula is C11H20F3N. The predicted molar refractivity (Wildman–Crippen MR) is 54.7 cm³/mol. The van der Waals surface area contributed by atoms with Gasteiger partial charge in [0, 0.05) is 12.6 Å². The Labute approximate surface area is 89.6 Å². The van der Waals surface area contributed by atoms with Crippen molar-refractivity contribution in [3.05, 3.63) is 0 Å². The lowest BCUT2D eigenvalue weighted by molar-refractivity contribution is -0.189.